The molecular weight excluding hydrogens is 373 g/mol. The molecule has 1 rings (SSSR count). The molecule has 4 nitrogen and oxygen atoms in total. The van der Waals surface area contributed by atoms with Crippen LogP contribution in [0.1, 0.15) is 12.0 Å². The normalized spacial score (nSPS) is 11.6. The average Bonchev–Trinajstić information content (AvgIpc) is 2.50. The molecule has 1 aromatic carbocycles. The summed E-state index contributed by atoms with van der Waals surface area (Å²) < 4.78 is 39.9. The molecule has 0 bridgehead atoms. The minimum atomic E-state index is -4.73. The summed E-state index contributed by atoms with van der Waals surface area (Å²) in [6.07, 6.45) is -3.78. The summed E-state index contributed by atoms with van der Waals surface area (Å²) in [7, 11) is 7.67. The molecule has 0 fully saturated rings. The molecule has 9 heteroatoms. The SMILES string of the molecule is CN(C)CCSSCCCNC(=O)Cc1[c]cc(OC(F)(F)F)cc1. The Bertz CT molecular complexity index is 511. The van der Waals surface area contributed by atoms with Crippen molar-refractivity contribution in [3.05, 3.63) is 29.8 Å². The van der Waals surface area contributed by atoms with Crippen LogP contribution in [0.3, 0.4) is 0 Å². The highest BCUT2D eigenvalue weighted by Crippen LogP contribution is 2.23. The molecule has 0 atom stereocenters. The fourth-order valence-electron chi connectivity index (χ4n) is 1.68. The van der Waals surface area contributed by atoms with Crippen molar-refractivity contribution in [2.45, 2.75) is 19.2 Å². The standard InChI is InChI=1S/C16H22F3N2O2S2/c1-21(2)9-11-25-24-10-3-8-20-15(22)12-13-4-6-14(7-5-13)23-16(17,18)19/h4,6-7H,3,8-12H2,1-2H3,(H,20,22). The molecule has 25 heavy (non-hydrogen) atoms. The number of carbonyl (C=O) groups excluding carboxylic acids is 1. The van der Waals surface area contributed by atoms with Crippen molar-refractivity contribution < 1.29 is 22.7 Å². The summed E-state index contributed by atoms with van der Waals surface area (Å²) in [5.41, 5.74) is 0.514. The van der Waals surface area contributed by atoms with Gasteiger partial charge in [0.1, 0.15) is 5.75 Å². The lowest BCUT2D eigenvalue weighted by molar-refractivity contribution is -0.274. The second kappa shape index (κ2) is 11.5. The van der Waals surface area contributed by atoms with Gasteiger partial charge in [0.2, 0.25) is 5.91 Å². The Morgan fingerprint density at radius 2 is 2.00 bits per heavy atom. The first kappa shape index (κ1) is 22.0. The van der Waals surface area contributed by atoms with Gasteiger partial charge in [-0.05, 0) is 44.3 Å². The van der Waals surface area contributed by atoms with Crippen LogP contribution in [0, 0.1) is 6.07 Å². The minimum Gasteiger partial charge on any atom is -0.406 e. The van der Waals surface area contributed by atoms with Crippen LogP contribution in [-0.2, 0) is 11.2 Å². The van der Waals surface area contributed by atoms with E-state index in [9.17, 15) is 18.0 Å². The Morgan fingerprint density at radius 3 is 2.60 bits per heavy atom. The van der Waals surface area contributed by atoms with Crippen molar-refractivity contribution in [3.63, 3.8) is 0 Å². The predicted molar refractivity (Wildman–Crippen MR) is 96.8 cm³/mol. The summed E-state index contributed by atoms with van der Waals surface area (Å²) in [5.74, 6) is 1.49. The quantitative estimate of drug-likeness (QED) is 0.460. The summed E-state index contributed by atoms with van der Waals surface area (Å²) in [6, 6.07) is 6.28. The molecule has 1 radical (unpaired) electrons. The first-order valence-electron chi connectivity index (χ1n) is 7.68. The van der Waals surface area contributed by atoms with E-state index in [2.05, 4.69) is 21.0 Å². The Kier molecular flexibility index (Phi) is 10.1. The third-order valence-corrected chi connectivity index (χ3v) is 5.34. The Labute approximate surface area is 154 Å². The number of benzene rings is 1. The predicted octanol–water partition coefficient (Wildman–Crippen LogP) is 3.38. The van der Waals surface area contributed by atoms with Crippen LogP contribution in [0.5, 0.6) is 5.75 Å². The van der Waals surface area contributed by atoms with Crippen molar-refractivity contribution in [2.75, 3.05) is 38.7 Å². The molecule has 0 aliphatic rings. The van der Waals surface area contributed by atoms with Crippen molar-refractivity contribution in [2.24, 2.45) is 0 Å². The number of amides is 1. The van der Waals surface area contributed by atoms with Crippen LogP contribution in [0.4, 0.5) is 13.2 Å². The number of nitrogens with zero attached hydrogens (tertiary/aromatic N) is 1. The molecule has 0 aromatic heterocycles. The van der Waals surface area contributed by atoms with Gasteiger partial charge in [0.15, 0.2) is 0 Å². The molecule has 0 aliphatic carbocycles. The van der Waals surface area contributed by atoms with Crippen LogP contribution in [0.15, 0.2) is 18.2 Å². The van der Waals surface area contributed by atoms with Gasteiger partial charge in [-0.25, -0.2) is 0 Å². The number of alkyl halides is 3. The number of carbonyl (C=O) groups is 1. The molecule has 1 amide bonds. The number of hydrogen-bond acceptors (Lipinski definition) is 5. The fourth-order valence-corrected chi connectivity index (χ4v) is 3.90. The lowest BCUT2D eigenvalue weighted by Gasteiger charge is -2.09. The smallest absolute Gasteiger partial charge is 0.406 e. The lowest BCUT2D eigenvalue weighted by Crippen LogP contribution is -2.26. The van der Waals surface area contributed by atoms with E-state index in [4.69, 9.17) is 0 Å². The van der Waals surface area contributed by atoms with E-state index in [0.29, 0.717) is 12.1 Å². The lowest BCUT2D eigenvalue weighted by atomic mass is 10.1. The minimum absolute atomic E-state index is 0.0804. The summed E-state index contributed by atoms with van der Waals surface area (Å²) in [5, 5.41) is 2.79. The average molecular weight is 395 g/mol. The van der Waals surface area contributed by atoms with Gasteiger partial charge in [-0.1, -0.05) is 27.7 Å². The van der Waals surface area contributed by atoms with E-state index in [0.717, 1.165) is 30.5 Å². The van der Waals surface area contributed by atoms with Gasteiger partial charge in [-0.15, -0.1) is 13.2 Å². The fraction of sp³-hybridized carbons (Fsp3) is 0.562. The zero-order valence-corrected chi connectivity index (χ0v) is 15.8. The summed E-state index contributed by atoms with van der Waals surface area (Å²) >= 11 is 0. The number of nitrogens with one attached hydrogen (secondary N) is 1. The molecule has 1 aromatic rings. The summed E-state index contributed by atoms with van der Waals surface area (Å²) in [6.45, 7) is 1.62. The number of halogens is 3. The van der Waals surface area contributed by atoms with Crippen LogP contribution >= 0.6 is 21.6 Å². The van der Waals surface area contributed by atoms with Gasteiger partial charge < -0.3 is 15.0 Å². The molecule has 1 N–H and O–H groups in total. The maximum atomic E-state index is 12.1. The topological polar surface area (TPSA) is 41.6 Å². The van der Waals surface area contributed by atoms with Crippen molar-refractivity contribution >= 4 is 27.5 Å². The molecule has 0 spiro atoms. The Balaban J connectivity index is 2.14. The first-order valence-corrected chi connectivity index (χ1v) is 10.2. The van der Waals surface area contributed by atoms with E-state index in [1.807, 2.05) is 24.9 Å². The largest absolute Gasteiger partial charge is 0.573 e. The van der Waals surface area contributed by atoms with E-state index in [1.165, 1.54) is 12.1 Å². The maximum Gasteiger partial charge on any atom is 0.573 e. The highest BCUT2D eigenvalue weighted by molar-refractivity contribution is 8.76. The molecular formula is C16H22F3N2O2S2. The Hall–Kier alpha value is -1.06. The number of hydrogen-bond donors (Lipinski definition) is 1. The van der Waals surface area contributed by atoms with Gasteiger partial charge in [0.05, 0.1) is 6.42 Å². The van der Waals surface area contributed by atoms with Crippen molar-refractivity contribution in [1.82, 2.24) is 10.2 Å². The van der Waals surface area contributed by atoms with Gasteiger partial charge in [-0.3, -0.25) is 4.79 Å². The highest BCUT2D eigenvalue weighted by atomic mass is 33.1. The van der Waals surface area contributed by atoms with Gasteiger partial charge >= 0.3 is 6.36 Å². The van der Waals surface area contributed by atoms with Gasteiger partial charge in [-0.2, -0.15) is 0 Å². The number of ether oxygens (including phenoxy) is 1. The van der Waals surface area contributed by atoms with Crippen LogP contribution in [0.25, 0.3) is 0 Å². The van der Waals surface area contributed by atoms with E-state index >= 15 is 0 Å². The van der Waals surface area contributed by atoms with Crippen LogP contribution in [-0.4, -0.2) is 55.9 Å². The zero-order valence-electron chi connectivity index (χ0n) is 14.2. The van der Waals surface area contributed by atoms with Crippen LogP contribution < -0.4 is 10.1 Å². The van der Waals surface area contributed by atoms with Crippen LogP contribution in [0.2, 0.25) is 0 Å². The maximum absolute atomic E-state index is 12.1. The molecule has 0 unspecified atom stereocenters. The third-order valence-electron chi connectivity index (χ3n) is 2.86. The zero-order chi connectivity index (χ0) is 18.7. The Morgan fingerprint density at radius 1 is 1.28 bits per heavy atom. The monoisotopic (exact) mass is 395 g/mol. The molecule has 0 heterocycles. The molecule has 0 saturated carbocycles. The van der Waals surface area contributed by atoms with E-state index in [-0.39, 0.29) is 18.1 Å². The molecule has 0 aliphatic heterocycles. The highest BCUT2D eigenvalue weighted by Gasteiger charge is 2.30. The van der Waals surface area contributed by atoms with Crippen molar-refractivity contribution in [3.8, 4) is 5.75 Å². The second-order valence-corrected chi connectivity index (χ2v) is 8.13. The van der Waals surface area contributed by atoms with Gasteiger partial charge in [0, 0.05) is 24.6 Å². The van der Waals surface area contributed by atoms with E-state index < -0.39 is 6.36 Å². The molecule has 0 saturated heterocycles. The second-order valence-electron chi connectivity index (χ2n) is 5.42. The third kappa shape index (κ3) is 12.0. The molecule has 141 valence electrons. The number of rotatable bonds is 11. The first-order chi connectivity index (χ1) is 11.8. The van der Waals surface area contributed by atoms with Crippen molar-refractivity contribution in [1.29, 1.82) is 0 Å². The van der Waals surface area contributed by atoms with Gasteiger partial charge in [0.25, 0.3) is 0 Å². The van der Waals surface area contributed by atoms with E-state index in [1.54, 1.807) is 10.8 Å². The summed E-state index contributed by atoms with van der Waals surface area (Å²) in [4.78, 5) is 13.9.